The Labute approximate surface area is 196 Å². The van der Waals surface area contributed by atoms with Crippen molar-refractivity contribution in [3.63, 3.8) is 0 Å². The van der Waals surface area contributed by atoms with Gasteiger partial charge in [0.1, 0.15) is 24.2 Å². The normalized spacial score (nSPS) is 15.7. The number of nitrogens with two attached hydrogens (primary N) is 1. The average Bonchev–Trinajstić information content (AvgIpc) is 3.25. The minimum atomic E-state index is -1.25. The van der Waals surface area contributed by atoms with Crippen LogP contribution in [0.1, 0.15) is 32.9 Å². The van der Waals surface area contributed by atoms with Gasteiger partial charge in [0.25, 0.3) is 0 Å². The van der Waals surface area contributed by atoms with E-state index >= 15 is 0 Å². The Morgan fingerprint density at radius 1 is 1.09 bits per heavy atom. The van der Waals surface area contributed by atoms with E-state index in [1.54, 1.807) is 13.8 Å². The summed E-state index contributed by atoms with van der Waals surface area (Å²) in [6.07, 6.45) is 3.89. The number of aliphatic hydroxyl groups is 1. The summed E-state index contributed by atoms with van der Waals surface area (Å²) in [5.41, 5.74) is 6.22. The van der Waals surface area contributed by atoms with Crippen LogP contribution in [-0.2, 0) is 25.6 Å². The van der Waals surface area contributed by atoms with Crippen LogP contribution in [-0.4, -0.2) is 86.2 Å². The molecule has 0 aliphatic carbocycles. The van der Waals surface area contributed by atoms with E-state index in [0.717, 1.165) is 0 Å². The number of carboxylic acids is 1. The minimum Gasteiger partial charge on any atom is -0.480 e. The molecule has 0 radical (unpaired) electrons. The fourth-order valence-corrected chi connectivity index (χ4v) is 3.33. The Bertz CT molecular complexity index is 788. The number of rotatable bonds is 14. The molecule has 1 heterocycles. The molecule has 0 fully saturated rings. The van der Waals surface area contributed by atoms with Gasteiger partial charge in [-0.15, -0.1) is 0 Å². The SMILES string of the molecule is CSCCC(NC(=O)C(Cc1cnc[nH]1)NC(=O)C(N)C(C)O)C(=O)NC(C(=O)O)C(C)C. The van der Waals surface area contributed by atoms with Gasteiger partial charge in [-0.2, -0.15) is 11.8 Å². The second kappa shape index (κ2) is 13.8. The summed E-state index contributed by atoms with van der Waals surface area (Å²) in [5, 5.41) is 26.5. The van der Waals surface area contributed by atoms with Crippen molar-refractivity contribution in [2.45, 2.75) is 63.9 Å². The van der Waals surface area contributed by atoms with Gasteiger partial charge in [-0.25, -0.2) is 9.78 Å². The van der Waals surface area contributed by atoms with E-state index in [1.165, 1.54) is 31.2 Å². The van der Waals surface area contributed by atoms with E-state index in [2.05, 4.69) is 25.9 Å². The number of nitrogens with zero attached hydrogens (tertiary/aromatic N) is 1. The molecule has 12 nitrogen and oxygen atoms in total. The van der Waals surface area contributed by atoms with Crippen molar-refractivity contribution >= 4 is 35.5 Å². The molecule has 1 aromatic heterocycles. The van der Waals surface area contributed by atoms with Gasteiger partial charge >= 0.3 is 5.97 Å². The molecule has 0 spiro atoms. The number of amides is 3. The first-order chi connectivity index (χ1) is 15.5. The number of hydrogen-bond acceptors (Lipinski definition) is 8. The fourth-order valence-electron chi connectivity index (χ4n) is 2.86. The quantitative estimate of drug-likeness (QED) is 0.165. The molecule has 0 aliphatic rings. The van der Waals surface area contributed by atoms with Crippen molar-refractivity contribution in [1.29, 1.82) is 0 Å². The highest BCUT2D eigenvalue weighted by atomic mass is 32.2. The van der Waals surface area contributed by atoms with Crippen molar-refractivity contribution in [3.05, 3.63) is 18.2 Å². The van der Waals surface area contributed by atoms with Gasteiger partial charge < -0.3 is 36.9 Å². The van der Waals surface area contributed by atoms with Crippen molar-refractivity contribution in [2.24, 2.45) is 11.7 Å². The van der Waals surface area contributed by atoms with E-state index < -0.39 is 54.0 Å². The summed E-state index contributed by atoms with van der Waals surface area (Å²) in [7, 11) is 0. The highest BCUT2D eigenvalue weighted by molar-refractivity contribution is 7.98. The van der Waals surface area contributed by atoms with Gasteiger partial charge in [0, 0.05) is 18.3 Å². The Kier molecular flexibility index (Phi) is 11.9. The molecular formula is C20H34N6O6S. The third-order valence-corrected chi connectivity index (χ3v) is 5.55. The maximum atomic E-state index is 13.1. The summed E-state index contributed by atoms with van der Waals surface area (Å²) >= 11 is 1.46. The number of carbonyl (C=O) groups is 4. The number of aliphatic carboxylic acids is 1. The molecule has 1 rings (SSSR count). The van der Waals surface area contributed by atoms with Crippen LogP contribution in [0.4, 0.5) is 0 Å². The molecule has 0 saturated heterocycles. The van der Waals surface area contributed by atoms with Crippen LogP contribution in [0.15, 0.2) is 12.5 Å². The number of hydrogen-bond donors (Lipinski definition) is 7. The molecular weight excluding hydrogens is 452 g/mol. The second-order valence-corrected chi connectivity index (χ2v) is 9.01. The highest BCUT2D eigenvalue weighted by Crippen LogP contribution is 2.07. The van der Waals surface area contributed by atoms with E-state index in [0.29, 0.717) is 11.4 Å². The van der Waals surface area contributed by atoms with Crippen molar-refractivity contribution in [1.82, 2.24) is 25.9 Å². The zero-order chi connectivity index (χ0) is 25.1. The Hall–Kier alpha value is -2.64. The molecule has 5 atom stereocenters. The first-order valence-electron chi connectivity index (χ1n) is 10.5. The number of nitrogens with one attached hydrogen (secondary N) is 4. The van der Waals surface area contributed by atoms with Crippen LogP contribution in [0.3, 0.4) is 0 Å². The Balaban J connectivity index is 3.03. The largest absolute Gasteiger partial charge is 0.480 e. The number of imidazole rings is 1. The Morgan fingerprint density at radius 3 is 2.18 bits per heavy atom. The molecule has 0 saturated carbocycles. The van der Waals surface area contributed by atoms with Crippen molar-refractivity contribution in [3.8, 4) is 0 Å². The molecule has 33 heavy (non-hydrogen) atoms. The summed E-state index contributed by atoms with van der Waals surface area (Å²) in [6.45, 7) is 4.68. The molecule has 13 heteroatoms. The van der Waals surface area contributed by atoms with Gasteiger partial charge in [0.05, 0.1) is 12.4 Å². The summed E-state index contributed by atoms with van der Waals surface area (Å²) in [6, 6.07) is -4.50. The molecule has 3 amide bonds. The van der Waals surface area contributed by atoms with Crippen LogP contribution in [0.2, 0.25) is 0 Å². The predicted octanol–water partition coefficient (Wildman–Crippen LogP) is -1.39. The Morgan fingerprint density at radius 2 is 1.70 bits per heavy atom. The zero-order valence-electron chi connectivity index (χ0n) is 19.2. The topological polar surface area (TPSA) is 200 Å². The molecule has 0 aliphatic heterocycles. The lowest BCUT2D eigenvalue weighted by Crippen LogP contribution is -2.59. The minimum absolute atomic E-state index is 0.0325. The molecule has 0 aromatic carbocycles. The number of aliphatic hydroxyl groups excluding tert-OH is 1. The lowest BCUT2D eigenvalue weighted by atomic mass is 10.0. The molecule has 0 bridgehead atoms. The van der Waals surface area contributed by atoms with Gasteiger partial charge in [-0.1, -0.05) is 13.8 Å². The van der Waals surface area contributed by atoms with Gasteiger partial charge in [-0.05, 0) is 31.3 Å². The maximum absolute atomic E-state index is 13.1. The second-order valence-electron chi connectivity index (χ2n) is 8.02. The average molecular weight is 487 g/mol. The number of thioether (sulfide) groups is 1. The van der Waals surface area contributed by atoms with E-state index in [-0.39, 0.29) is 18.8 Å². The standard InChI is InChI=1S/C20H34N6O6S/c1-10(2)16(20(31)32)26-17(28)13(5-6-33-4)24-18(29)14(7-12-8-22-9-23-12)25-19(30)15(21)11(3)27/h8-11,13-16,27H,5-7,21H2,1-4H3,(H,22,23)(H,24,29)(H,25,30)(H,26,28)(H,31,32). The summed E-state index contributed by atoms with van der Waals surface area (Å²) < 4.78 is 0. The highest BCUT2D eigenvalue weighted by Gasteiger charge is 2.32. The van der Waals surface area contributed by atoms with Gasteiger partial charge in [0.2, 0.25) is 17.7 Å². The maximum Gasteiger partial charge on any atom is 0.326 e. The predicted molar refractivity (Wildman–Crippen MR) is 123 cm³/mol. The number of aromatic amines is 1. The molecule has 186 valence electrons. The number of H-pyrrole nitrogens is 1. The van der Waals surface area contributed by atoms with Gasteiger partial charge in [-0.3, -0.25) is 14.4 Å². The van der Waals surface area contributed by atoms with E-state index in [4.69, 9.17) is 5.73 Å². The van der Waals surface area contributed by atoms with Crippen LogP contribution >= 0.6 is 11.8 Å². The van der Waals surface area contributed by atoms with Crippen LogP contribution in [0, 0.1) is 5.92 Å². The monoisotopic (exact) mass is 486 g/mol. The molecule has 1 aromatic rings. The first kappa shape index (κ1) is 28.4. The zero-order valence-corrected chi connectivity index (χ0v) is 20.0. The van der Waals surface area contributed by atoms with Crippen LogP contribution in [0.5, 0.6) is 0 Å². The lowest BCUT2D eigenvalue weighted by molar-refractivity contribution is -0.143. The first-order valence-corrected chi connectivity index (χ1v) is 11.9. The van der Waals surface area contributed by atoms with Gasteiger partial charge in [0.15, 0.2) is 0 Å². The van der Waals surface area contributed by atoms with Crippen LogP contribution in [0.25, 0.3) is 0 Å². The summed E-state index contributed by atoms with van der Waals surface area (Å²) in [5.74, 6) is -3.04. The summed E-state index contributed by atoms with van der Waals surface area (Å²) in [4.78, 5) is 56.4. The van der Waals surface area contributed by atoms with Crippen molar-refractivity contribution in [2.75, 3.05) is 12.0 Å². The third kappa shape index (κ3) is 9.40. The fraction of sp³-hybridized carbons (Fsp3) is 0.650. The molecule has 5 unspecified atom stereocenters. The number of carboxylic acid groups (broad SMARTS) is 1. The van der Waals surface area contributed by atoms with Crippen molar-refractivity contribution < 1.29 is 29.4 Å². The van der Waals surface area contributed by atoms with E-state index in [9.17, 15) is 29.4 Å². The number of aromatic nitrogens is 2. The molecule has 8 N–H and O–H groups in total. The van der Waals surface area contributed by atoms with E-state index in [1.807, 2.05) is 6.26 Å². The number of carbonyl (C=O) groups excluding carboxylic acids is 3. The third-order valence-electron chi connectivity index (χ3n) is 4.91. The van der Waals surface area contributed by atoms with Crippen LogP contribution < -0.4 is 21.7 Å². The lowest BCUT2D eigenvalue weighted by Gasteiger charge is -2.26. The smallest absolute Gasteiger partial charge is 0.326 e.